The molecule has 82 valence electrons. The highest BCUT2D eigenvalue weighted by Gasteiger charge is 2.11. The third kappa shape index (κ3) is 1.99. The maximum absolute atomic E-state index is 8.28. The summed E-state index contributed by atoms with van der Waals surface area (Å²) in [5, 5.41) is 0. The Labute approximate surface area is 106 Å². The largest absolute Gasteiger partial charge is 0.212 e. The maximum Gasteiger partial charge on any atom is 0.212 e. The van der Waals surface area contributed by atoms with E-state index in [-0.39, 0.29) is 42.1 Å². The van der Waals surface area contributed by atoms with E-state index in [9.17, 15) is 0 Å². The van der Waals surface area contributed by atoms with Crippen LogP contribution >= 0.6 is 0 Å². The van der Waals surface area contributed by atoms with Gasteiger partial charge in [-0.1, -0.05) is 17.6 Å². The van der Waals surface area contributed by atoms with Crippen LogP contribution in [0.2, 0.25) is 0 Å². The summed E-state index contributed by atoms with van der Waals surface area (Å²) in [4.78, 5) is 0. The fourth-order valence-electron chi connectivity index (χ4n) is 1.60. The third-order valence-corrected chi connectivity index (χ3v) is 2.40. The van der Waals surface area contributed by atoms with Crippen molar-refractivity contribution in [3.05, 3.63) is 53.1 Å². The fraction of sp³-hybridized carbons (Fsp3) is 0.267. The summed E-state index contributed by atoms with van der Waals surface area (Å²) < 4.78 is 49.9. The van der Waals surface area contributed by atoms with Gasteiger partial charge in [0.1, 0.15) is 8.42 Å². The molecule has 0 amide bonds. The number of aromatic nitrogens is 1. The van der Waals surface area contributed by atoms with E-state index in [0.717, 1.165) is 0 Å². The summed E-state index contributed by atoms with van der Waals surface area (Å²) in [5.74, 6) is 0. The van der Waals surface area contributed by atoms with E-state index in [4.69, 9.17) is 8.22 Å². The number of nitrogens with zero attached hydrogens (tertiary/aromatic N) is 1. The van der Waals surface area contributed by atoms with Crippen LogP contribution in [-0.2, 0) is 7.05 Å². The lowest BCUT2D eigenvalue weighted by atomic mass is 10.0. The lowest BCUT2D eigenvalue weighted by Gasteiger charge is -2.05. The van der Waals surface area contributed by atoms with Gasteiger partial charge in [-0.3, -0.25) is 0 Å². The molecule has 0 radical (unpaired) electrons. The van der Waals surface area contributed by atoms with Crippen LogP contribution in [0.4, 0.5) is 0 Å². The van der Waals surface area contributed by atoms with Crippen LogP contribution in [0.5, 0.6) is 0 Å². The Hall–Kier alpha value is -1.63. The molecule has 0 aliphatic heterocycles. The van der Waals surface area contributed by atoms with Gasteiger partial charge in [0.15, 0.2) is 6.17 Å². The molecule has 1 aromatic heterocycles. The van der Waals surface area contributed by atoms with Gasteiger partial charge >= 0.3 is 0 Å². The third-order valence-electron chi connectivity index (χ3n) is 2.40. The molecule has 1 heterocycles. The summed E-state index contributed by atoms with van der Waals surface area (Å²) in [7, 11) is 1.62. The predicted octanol–water partition coefficient (Wildman–Crippen LogP) is 3.10. The molecule has 2 rings (SSSR count). The molecule has 1 heteroatoms. The number of hydrogen-bond donors (Lipinski definition) is 0. The number of rotatable bonds is 1. The molecular weight excluding hydrogens is 194 g/mol. The Morgan fingerprint density at radius 2 is 1.69 bits per heavy atom. The maximum atomic E-state index is 8.28. The molecule has 0 spiro atoms. The van der Waals surface area contributed by atoms with Gasteiger partial charge in [-0.15, -0.1) is 0 Å². The topological polar surface area (TPSA) is 3.88 Å². The van der Waals surface area contributed by atoms with Gasteiger partial charge < -0.3 is 0 Å². The standard InChI is InChI=1S/C15H18N/c1-11-5-7-13(3)14(9-11)15-8-6-12(2)10-16(15)4/h5-10H,1-4H3/q+1/i5D,6D,7D,8D,9D,10D. The van der Waals surface area contributed by atoms with Gasteiger partial charge in [0.2, 0.25) is 5.69 Å². The minimum Gasteiger partial charge on any atom is -0.201 e. The molecule has 1 nitrogen and oxygen atoms in total. The average molecular weight is 218 g/mol. The molecule has 0 fully saturated rings. The lowest BCUT2D eigenvalue weighted by Crippen LogP contribution is -2.31. The lowest BCUT2D eigenvalue weighted by molar-refractivity contribution is -0.660. The van der Waals surface area contributed by atoms with Gasteiger partial charge in [-0.2, -0.15) is 0 Å². The van der Waals surface area contributed by atoms with E-state index >= 15 is 0 Å². The Kier molecular flexibility index (Phi) is 1.44. The normalized spacial score (nSPS) is 15.8. The zero-order valence-corrected chi connectivity index (χ0v) is 9.95. The predicted molar refractivity (Wildman–Crippen MR) is 67.3 cm³/mol. The highest BCUT2D eigenvalue weighted by Crippen LogP contribution is 2.21. The quantitative estimate of drug-likeness (QED) is 0.648. The molecule has 1 aromatic carbocycles. The number of hydrogen-bond acceptors (Lipinski definition) is 0. The minimum absolute atomic E-state index is 0.00439. The molecule has 0 saturated heterocycles. The highest BCUT2D eigenvalue weighted by molar-refractivity contribution is 5.61. The molecule has 0 atom stereocenters. The SMILES string of the molecule is [2H]c1c([2H])c(C)c(-c2c([2H])c([2H])c(C)c([2H])[n+]2C)c([2H])c1C. The zero-order valence-electron chi connectivity index (χ0n) is 15.9. The second-order valence-electron chi connectivity index (χ2n) is 3.89. The minimum atomic E-state index is -0.0656. The van der Waals surface area contributed by atoms with Crippen LogP contribution in [-0.4, -0.2) is 0 Å². The van der Waals surface area contributed by atoms with Gasteiger partial charge in [-0.05, 0) is 38.4 Å². The van der Waals surface area contributed by atoms with Crippen LogP contribution in [0, 0.1) is 20.8 Å². The molecular formula is C15H18N+. The Bertz CT molecular complexity index is 672. The summed E-state index contributed by atoms with van der Waals surface area (Å²) in [6, 6.07) is -0.0170. The van der Waals surface area contributed by atoms with E-state index in [2.05, 4.69) is 0 Å². The summed E-state index contributed by atoms with van der Waals surface area (Å²) in [6.45, 7) is 4.86. The number of benzene rings is 1. The van der Waals surface area contributed by atoms with Crippen LogP contribution in [0.3, 0.4) is 0 Å². The first-order valence-electron chi connectivity index (χ1n) is 8.14. The van der Waals surface area contributed by atoms with E-state index in [1.165, 1.54) is 4.57 Å². The van der Waals surface area contributed by atoms with Crippen LogP contribution in [0.15, 0.2) is 36.4 Å². The first-order chi connectivity index (χ1) is 10.1. The van der Waals surface area contributed by atoms with Crippen LogP contribution < -0.4 is 4.57 Å². The van der Waals surface area contributed by atoms with Crippen molar-refractivity contribution in [2.75, 3.05) is 0 Å². The van der Waals surface area contributed by atoms with E-state index < -0.39 is 0 Å². The Morgan fingerprint density at radius 3 is 2.44 bits per heavy atom. The summed E-state index contributed by atoms with van der Waals surface area (Å²) >= 11 is 0. The second kappa shape index (κ2) is 4.09. The Morgan fingerprint density at radius 1 is 1.00 bits per heavy atom. The summed E-state index contributed by atoms with van der Waals surface area (Å²) in [5.41, 5.74) is 1.82. The van der Waals surface area contributed by atoms with Crippen molar-refractivity contribution in [3.8, 4) is 11.3 Å². The monoisotopic (exact) mass is 218 g/mol. The van der Waals surface area contributed by atoms with Crippen molar-refractivity contribution in [2.45, 2.75) is 20.8 Å². The molecule has 0 aliphatic rings. The molecule has 0 N–H and O–H groups in total. The smallest absolute Gasteiger partial charge is 0.201 e. The molecule has 2 aromatic rings. The Balaban J connectivity index is 3.03. The number of pyridine rings is 1. The second-order valence-corrected chi connectivity index (χ2v) is 3.89. The van der Waals surface area contributed by atoms with Crippen molar-refractivity contribution < 1.29 is 12.8 Å². The fourth-order valence-corrected chi connectivity index (χ4v) is 1.60. The van der Waals surface area contributed by atoms with Crippen molar-refractivity contribution in [3.63, 3.8) is 0 Å². The first kappa shape index (κ1) is 5.62. The van der Waals surface area contributed by atoms with E-state index in [0.29, 0.717) is 22.3 Å². The van der Waals surface area contributed by atoms with Crippen molar-refractivity contribution in [1.29, 1.82) is 0 Å². The van der Waals surface area contributed by atoms with Crippen LogP contribution in [0.25, 0.3) is 11.3 Å². The molecule has 16 heavy (non-hydrogen) atoms. The van der Waals surface area contributed by atoms with Crippen molar-refractivity contribution >= 4 is 0 Å². The van der Waals surface area contributed by atoms with Crippen molar-refractivity contribution in [2.24, 2.45) is 7.05 Å². The molecule has 0 saturated carbocycles. The summed E-state index contributed by atoms with van der Waals surface area (Å²) in [6.07, 6.45) is 0.105. The van der Waals surface area contributed by atoms with Gasteiger partial charge in [0, 0.05) is 17.2 Å². The van der Waals surface area contributed by atoms with Crippen molar-refractivity contribution in [1.82, 2.24) is 0 Å². The van der Waals surface area contributed by atoms with Crippen LogP contribution in [0.1, 0.15) is 24.9 Å². The first-order valence-corrected chi connectivity index (χ1v) is 5.14. The highest BCUT2D eigenvalue weighted by atomic mass is 14.9. The van der Waals surface area contributed by atoms with E-state index in [1.807, 2.05) is 0 Å². The van der Waals surface area contributed by atoms with Gasteiger partial charge in [0.05, 0.1) is 6.85 Å². The van der Waals surface area contributed by atoms with Gasteiger partial charge in [0.25, 0.3) is 0 Å². The van der Waals surface area contributed by atoms with E-state index in [1.54, 1.807) is 27.8 Å². The molecule has 0 unspecified atom stereocenters. The van der Waals surface area contributed by atoms with Gasteiger partial charge in [-0.25, -0.2) is 4.57 Å². The zero-order chi connectivity index (χ0) is 16.9. The molecule has 0 aliphatic carbocycles. The average Bonchev–Trinajstić information content (AvgIpc) is 2.50. The molecule has 0 bridgehead atoms.